The molecule has 1 aromatic carbocycles. The van der Waals surface area contributed by atoms with E-state index >= 15 is 0 Å². The molecule has 0 aliphatic rings. The van der Waals surface area contributed by atoms with Gasteiger partial charge in [-0.1, -0.05) is 35.4 Å². The zero-order valence-corrected chi connectivity index (χ0v) is 9.42. The van der Waals surface area contributed by atoms with Crippen molar-refractivity contribution in [3.8, 4) is 0 Å². The third kappa shape index (κ3) is 2.25. The molecule has 16 heavy (non-hydrogen) atoms. The van der Waals surface area contributed by atoms with Crippen LogP contribution < -0.4 is 0 Å². The molecule has 0 N–H and O–H groups in total. The number of nitrogens with zero attached hydrogens (tertiary/aromatic N) is 4. The Morgan fingerprint density at radius 1 is 1.25 bits per heavy atom. The molecule has 1 heterocycles. The highest BCUT2D eigenvalue weighted by molar-refractivity contribution is 7.90. The van der Waals surface area contributed by atoms with E-state index in [1.807, 2.05) is 30.3 Å². The molecule has 6 nitrogen and oxygen atoms in total. The van der Waals surface area contributed by atoms with Gasteiger partial charge >= 0.3 is 0 Å². The molecular weight excluding hydrogens is 228 g/mol. The van der Waals surface area contributed by atoms with Gasteiger partial charge in [0.2, 0.25) is 9.84 Å². The van der Waals surface area contributed by atoms with E-state index in [1.165, 1.54) is 4.68 Å². The lowest BCUT2D eigenvalue weighted by molar-refractivity contribution is 0.555. The van der Waals surface area contributed by atoms with Crippen LogP contribution in [-0.4, -0.2) is 34.9 Å². The molecule has 0 radical (unpaired) electrons. The van der Waals surface area contributed by atoms with E-state index in [1.54, 1.807) is 0 Å². The van der Waals surface area contributed by atoms with Crippen LogP contribution in [0, 0.1) is 0 Å². The topological polar surface area (TPSA) is 77.7 Å². The molecule has 2 aromatic rings. The highest BCUT2D eigenvalue weighted by atomic mass is 32.2. The summed E-state index contributed by atoms with van der Waals surface area (Å²) in [5.74, 6) is 0. The Bertz CT molecular complexity index is 577. The second-order valence-electron chi connectivity index (χ2n) is 3.38. The molecule has 1 aromatic heterocycles. The molecule has 0 amide bonds. The van der Waals surface area contributed by atoms with E-state index in [9.17, 15) is 8.42 Å². The monoisotopic (exact) mass is 238 g/mol. The molecule has 0 unspecified atom stereocenters. The van der Waals surface area contributed by atoms with Crippen LogP contribution in [0.1, 0.15) is 5.56 Å². The van der Waals surface area contributed by atoms with Crippen molar-refractivity contribution in [3.05, 3.63) is 35.9 Å². The maximum Gasteiger partial charge on any atom is 0.267 e. The summed E-state index contributed by atoms with van der Waals surface area (Å²) in [6.07, 6.45) is 1.08. The van der Waals surface area contributed by atoms with Crippen LogP contribution in [0.15, 0.2) is 35.5 Å². The first kappa shape index (κ1) is 10.7. The lowest BCUT2D eigenvalue weighted by Crippen LogP contribution is -2.11. The quantitative estimate of drug-likeness (QED) is 0.759. The number of benzene rings is 1. The van der Waals surface area contributed by atoms with E-state index in [2.05, 4.69) is 15.5 Å². The van der Waals surface area contributed by atoms with Gasteiger partial charge in [0, 0.05) is 6.26 Å². The van der Waals surface area contributed by atoms with Crippen LogP contribution in [-0.2, 0) is 16.4 Å². The van der Waals surface area contributed by atoms with Crippen LogP contribution in [0.2, 0.25) is 0 Å². The zero-order chi connectivity index (χ0) is 11.6. The van der Waals surface area contributed by atoms with Gasteiger partial charge in [-0.05, 0) is 16.0 Å². The largest absolute Gasteiger partial charge is 0.267 e. The van der Waals surface area contributed by atoms with Crippen molar-refractivity contribution in [3.63, 3.8) is 0 Å². The smallest absolute Gasteiger partial charge is 0.221 e. The van der Waals surface area contributed by atoms with Crippen molar-refractivity contribution < 1.29 is 8.42 Å². The summed E-state index contributed by atoms with van der Waals surface area (Å²) < 4.78 is 24.0. The molecule has 0 bridgehead atoms. The Morgan fingerprint density at radius 2 is 1.94 bits per heavy atom. The molecule has 0 spiro atoms. The average molecular weight is 238 g/mol. The number of rotatable bonds is 3. The Morgan fingerprint density at radius 3 is 2.56 bits per heavy atom. The fourth-order valence-electron chi connectivity index (χ4n) is 1.32. The van der Waals surface area contributed by atoms with E-state index in [4.69, 9.17) is 0 Å². The van der Waals surface area contributed by atoms with Gasteiger partial charge < -0.3 is 0 Å². The van der Waals surface area contributed by atoms with Gasteiger partial charge in [-0.3, -0.25) is 0 Å². The molecule has 84 valence electrons. The highest BCUT2D eigenvalue weighted by Gasteiger charge is 2.17. The standard InChI is InChI=1S/C9H10N4O2S/c1-16(14,15)9-10-11-12-13(9)7-8-5-3-2-4-6-8/h2-6H,7H2,1H3. The summed E-state index contributed by atoms with van der Waals surface area (Å²) in [5.41, 5.74) is 0.944. The maximum absolute atomic E-state index is 11.3. The lowest BCUT2D eigenvalue weighted by atomic mass is 10.2. The van der Waals surface area contributed by atoms with Crippen LogP contribution in [0.4, 0.5) is 0 Å². The molecule has 0 atom stereocenters. The van der Waals surface area contributed by atoms with Crippen molar-refractivity contribution in [1.82, 2.24) is 20.2 Å². The van der Waals surface area contributed by atoms with Crippen molar-refractivity contribution >= 4 is 9.84 Å². The number of hydrogen-bond donors (Lipinski definition) is 0. The normalized spacial score (nSPS) is 11.6. The SMILES string of the molecule is CS(=O)(=O)c1nnnn1Cc1ccccc1. The lowest BCUT2D eigenvalue weighted by Gasteiger charge is -2.02. The third-order valence-electron chi connectivity index (χ3n) is 2.01. The van der Waals surface area contributed by atoms with Gasteiger partial charge in [0.15, 0.2) is 0 Å². The molecule has 0 fully saturated rings. The first-order valence-electron chi connectivity index (χ1n) is 4.57. The maximum atomic E-state index is 11.3. The fourth-order valence-corrected chi connectivity index (χ4v) is 1.99. The Labute approximate surface area is 92.8 Å². The van der Waals surface area contributed by atoms with E-state index in [-0.39, 0.29) is 5.16 Å². The molecule has 0 aliphatic carbocycles. The number of sulfone groups is 1. The van der Waals surface area contributed by atoms with Gasteiger partial charge in [0.1, 0.15) is 0 Å². The minimum Gasteiger partial charge on any atom is -0.221 e. The fraction of sp³-hybridized carbons (Fsp3) is 0.222. The first-order chi connectivity index (χ1) is 7.57. The molecule has 0 saturated carbocycles. The van der Waals surface area contributed by atoms with Gasteiger partial charge in [-0.25, -0.2) is 13.1 Å². The Kier molecular flexibility index (Phi) is 2.69. The summed E-state index contributed by atoms with van der Waals surface area (Å²) in [6.45, 7) is 0.343. The van der Waals surface area contributed by atoms with E-state index < -0.39 is 9.84 Å². The van der Waals surface area contributed by atoms with Crippen molar-refractivity contribution in [1.29, 1.82) is 0 Å². The summed E-state index contributed by atoms with van der Waals surface area (Å²) in [5, 5.41) is 10.4. The van der Waals surface area contributed by atoms with Crippen LogP contribution in [0.25, 0.3) is 0 Å². The van der Waals surface area contributed by atoms with Crippen LogP contribution in [0.5, 0.6) is 0 Å². The minimum absolute atomic E-state index is 0.114. The molecule has 7 heteroatoms. The number of tetrazole rings is 1. The van der Waals surface area contributed by atoms with Crippen LogP contribution in [0.3, 0.4) is 0 Å². The minimum atomic E-state index is -3.38. The molecular formula is C9H10N4O2S. The average Bonchev–Trinajstić information content (AvgIpc) is 2.67. The van der Waals surface area contributed by atoms with Crippen molar-refractivity contribution in [2.75, 3.05) is 6.26 Å². The molecule has 0 aliphatic heterocycles. The van der Waals surface area contributed by atoms with Gasteiger partial charge in [0.25, 0.3) is 5.16 Å². The second-order valence-corrected chi connectivity index (χ2v) is 5.29. The van der Waals surface area contributed by atoms with Crippen molar-refractivity contribution in [2.24, 2.45) is 0 Å². The second kappa shape index (κ2) is 4.01. The third-order valence-corrected chi connectivity index (χ3v) is 2.96. The summed E-state index contributed by atoms with van der Waals surface area (Å²) >= 11 is 0. The van der Waals surface area contributed by atoms with E-state index in [0.717, 1.165) is 11.8 Å². The first-order valence-corrected chi connectivity index (χ1v) is 6.46. The summed E-state index contributed by atoms with van der Waals surface area (Å²) in [6, 6.07) is 9.40. The molecule has 2 rings (SSSR count). The molecule has 0 saturated heterocycles. The van der Waals surface area contributed by atoms with E-state index in [0.29, 0.717) is 6.54 Å². The number of hydrogen-bond acceptors (Lipinski definition) is 5. The number of aromatic nitrogens is 4. The summed E-state index contributed by atoms with van der Waals surface area (Å²) in [7, 11) is -3.38. The predicted molar refractivity (Wildman–Crippen MR) is 56.5 cm³/mol. The Balaban J connectivity index is 2.34. The predicted octanol–water partition coefficient (Wildman–Crippen LogP) is 0.125. The van der Waals surface area contributed by atoms with Gasteiger partial charge in [-0.15, -0.1) is 0 Å². The van der Waals surface area contributed by atoms with Crippen molar-refractivity contribution in [2.45, 2.75) is 11.7 Å². The summed E-state index contributed by atoms with van der Waals surface area (Å²) in [4.78, 5) is 0. The highest BCUT2D eigenvalue weighted by Crippen LogP contribution is 2.06. The van der Waals surface area contributed by atoms with Gasteiger partial charge in [-0.2, -0.15) is 0 Å². The van der Waals surface area contributed by atoms with Crippen LogP contribution >= 0.6 is 0 Å². The van der Waals surface area contributed by atoms with Gasteiger partial charge in [0.05, 0.1) is 6.54 Å². The zero-order valence-electron chi connectivity index (χ0n) is 8.61. The Hall–Kier alpha value is -1.76.